The van der Waals surface area contributed by atoms with Crippen LogP contribution >= 0.6 is 0 Å². The van der Waals surface area contributed by atoms with E-state index in [1.54, 1.807) is 6.20 Å². The quantitative estimate of drug-likeness (QED) is 0.448. The number of rotatable bonds is 7. The minimum absolute atomic E-state index is 0.00375. The molecule has 0 radical (unpaired) electrons. The fourth-order valence-corrected chi connectivity index (χ4v) is 4.04. The average molecular weight is 534 g/mol. The smallest absolute Gasteiger partial charge is 0.393 e. The minimum atomic E-state index is -5.07. The van der Waals surface area contributed by atoms with Crippen LogP contribution in [-0.4, -0.2) is 51.0 Å². The molecule has 4 rings (SSSR count). The lowest BCUT2D eigenvalue weighted by Gasteiger charge is -2.42. The molecule has 14 heteroatoms. The molecule has 1 N–H and O–H groups in total. The zero-order valence-electron chi connectivity index (χ0n) is 19.0. The van der Waals surface area contributed by atoms with Crippen molar-refractivity contribution in [3.05, 3.63) is 82.9 Å². The fraction of sp³-hybridized carbons (Fsp3) is 0.391. The van der Waals surface area contributed by atoms with Gasteiger partial charge in [-0.2, -0.15) is 26.3 Å². The molecule has 0 spiro atoms. The lowest BCUT2D eigenvalue weighted by Crippen LogP contribution is -2.47. The second-order valence-electron chi connectivity index (χ2n) is 8.28. The Morgan fingerprint density at radius 1 is 1.03 bits per heavy atom. The van der Waals surface area contributed by atoms with E-state index in [9.17, 15) is 35.8 Å². The second-order valence-corrected chi connectivity index (χ2v) is 8.28. The van der Waals surface area contributed by atoms with E-state index in [0.717, 1.165) is 0 Å². The van der Waals surface area contributed by atoms with Gasteiger partial charge in [-0.1, -0.05) is 17.3 Å². The van der Waals surface area contributed by atoms with Gasteiger partial charge in [0.1, 0.15) is 11.9 Å². The van der Waals surface area contributed by atoms with Crippen molar-refractivity contribution in [3.8, 4) is 0 Å². The lowest BCUT2D eigenvalue weighted by atomic mass is 10.0. The van der Waals surface area contributed by atoms with Gasteiger partial charge in [0.2, 0.25) is 0 Å². The van der Waals surface area contributed by atoms with Crippen molar-refractivity contribution in [3.63, 3.8) is 0 Å². The van der Waals surface area contributed by atoms with Crippen LogP contribution in [0.3, 0.4) is 0 Å². The van der Waals surface area contributed by atoms with Crippen LogP contribution in [0.2, 0.25) is 0 Å². The van der Waals surface area contributed by atoms with Gasteiger partial charge < -0.3 is 14.6 Å². The molecule has 1 aliphatic heterocycles. The van der Waals surface area contributed by atoms with Gasteiger partial charge in [0.15, 0.2) is 6.29 Å². The van der Waals surface area contributed by atoms with Crippen LogP contribution in [0.1, 0.15) is 34.4 Å². The first-order valence-electron chi connectivity index (χ1n) is 11.0. The maximum absolute atomic E-state index is 13.6. The number of ether oxygens (including phenoxy) is 2. The number of aliphatic hydroxyl groups is 1. The van der Waals surface area contributed by atoms with Gasteiger partial charge >= 0.3 is 12.4 Å². The summed E-state index contributed by atoms with van der Waals surface area (Å²) >= 11 is 0. The van der Waals surface area contributed by atoms with Crippen molar-refractivity contribution in [2.45, 2.75) is 37.5 Å². The van der Waals surface area contributed by atoms with Gasteiger partial charge in [-0.3, -0.25) is 4.90 Å². The molecular formula is C23H21F7N4O3. The highest BCUT2D eigenvalue weighted by Crippen LogP contribution is 2.39. The van der Waals surface area contributed by atoms with E-state index < -0.39 is 59.9 Å². The van der Waals surface area contributed by atoms with Crippen LogP contribution in [-0.2, 0) is 28.5 Å². The van der Waals surface area contributed by atoms with Gasteiger partial charge in [-0.05, 0) is 41.5 Å². The second kappa shape index (κ2) is 10.7. The van der Waals surface area contributed by atoms with E-state index in [-0.39, 0.29) is 19.3 Å². The molecule has 0 unspecified atom stereocenters. The Bertz CT molecular complexity index is 1140. The molecule has 0 amide bonds. The molecule has 3 aromatic rings. The first-order valence-corrected chi connectivity index (χ1v) is 11.0. The average Bonchev–Trinajstić information content (AvgIpc) is 3.35. The Labute approximate surface area is 206 Å². The molecule has 3 atom stereocenters. The Kier molecular flexibility index (Phi) is 7.83. The number of hydrogen-bond donors (Lipinski definition) is 1. The van der Waals surface area contributed by atoms with Gasteiger partial charge in [0.05, 0.1) is 43.2 Å². The zero-order chi connectivity index (χ0) is 26.8. The summed E-state index contributed by atoms with van der Waals surface area (Å²) in [6.07, 6.45) is -9.93. The normalized spacial score (nSPS) is 20.2. The first kappa shape index (κ1) is 27.0. The summed E-state index contributed by atoms with van der Waals surface area (Å²) in [6, 6.07) is 5.52. The highest BCUT2D eigenvalue weighted by molar-refractivity contribution is 5.35. The lowest BCUT2D eigenvalue weighted by molar-refractivity contribution is -0.241. The standard InChI is InChI=1S/C23H21F7N4O3/c24-18-3-1-14(2-4-18)20-21(36-8-7-33(20)13-34-6-5-31-32-34)37-19(12-35)15-9-16(22(25,26)27)11-17(10-15)23(28,29)30/h1-6,9-11,19-21,35H,7-8,12-13H2/t19-,20+,21-/m1/s1. The van der Waals surface area contributed by atoms with E-state index in [4.69, 9.17) is 9.47 Å². The molecule has 0 bridgehead atoms. The summed E-state index contributed by atoms with van der Waals surface area (Å²) in [6.45, 7) is -0.326. The summed E-state index contributed by atoms with van der Waals surface area (Å²) < 4.78 is 107. The third kappa shape index (κ3) is 6.44. The Morgan fingerprint density at radius 3 is 2.22 bits per heavy atom. The molecule has 2 heterocycles. The highest BCUT2D eigenvalue weighted by Gasteiger charge is 2.40. The third-order valence-corrected chi connectivity index (χ3v) is 5.77. The Balaban J connectivity index is 1.69. The largest absolute Gasteiger partial charge is 0.416 e. The monoisotopic (exact) mass is 534 g/mol. The van der Waals surface area contributed by atoms with Crippen LogP contribution in [0.25, 0.3) is 0 Å². The van der Waals surface area contributed by atoms with E-state index in [0.29, 0.717) is 24.2 Å². The number of aromatic nitrogens is 3. The number of halogens is 7. The number of nitrogens with zero attached hydrogens (tertiary/aromatic N) is 4. The highest BCUT2D eigenvalue weighted by atomic mass is 19.4. The predicted molar refractivity (Wildman–Crippen MR) is 113 cm³/mol. The van der Waals surface area contributed by atoms with Crippen molar-refractivity contribution in [1.82, 2.24) is 19.9 Å². The molecule has 0 saturated carbocycles. The van der Waals surface area contributed by atoms with Crippen LogP contribution in [0, 0.1) is 5.82 Å². The van der Waals surface area contributed by atoms with Crippen LogP contribution in [0.5, 0.6) is 0 Å². The molecular weight excluding hydrogens is 513 g/mol. The van der Waals surface area contributed by atoms with Crippen molar-refractivity contribution in [1.29, 1.82) is 0 Å². The first-order chi connectivity index (χ1) is 17.5. The van der Waals surface area contributed by atoms with E-state index in [1.165, 1.54) is 35.1 Å². The number of hydrogen-bond acceptors (Lipinski definition) is 6. The fourth-order valence-electron chi connectivity index (χ4n) is 4.04. The molecule has 1 aliphatic rings. The number of benzene rings is 2. The molecule has 37 heavy (non-hydrogen) atoms. The molecule has 1 saturated heterocycles. The summed E-state index contributed by atoms with van der Waals surface area (Å²) in [5.74, 6) is -0.516. The minimum Gasteiger partial charge on any atom is -0.393 e. The molecule has 0 aliphatic carbocycles. The third-order valence-electron chi connectivity index (χ3n) is 5.77. The molecule has 200 valence electrons. The number of alkyl halides is 6. The van der Waals surface area contributed by atoms with Crippen molar-refractivity contribution >= 4 is 0 Å². The van der Waals surface area contributed by atoms with Crippen molar-refractivity contribution in [2.75, 3.05) is 19.8 Å². The van der Waals surface area contributed by atoms with Crippen LogP contribution in [0.4, 0.5) is 30.7 Å². The number of morpholine rings is 1. The number of aliphatic hydroxyl groups excluding tert-OH is 1. The van der Waals surface area contributed by atoms with E-state index in [2.05, 4.69) is 10.3 Å². The molecule has 1 fully saturated rings. The summed E-state index contributed by atoms with van der Waals surface area (Å²) in [4.78, 5) is 1.82. The SMILES string of the molecule is OC[C@@H](O[C@H]1OCCN(Cn2ccnn2)[C@H]1c1ccc(F)cc1)c1cc(C(F)(F)F)cc(C(F)(F)F)c1. The van der Waals surface area contributed by atoms with Gasteiger partial charge in [0, 0.05) is 12.7 Å². The molecule has 7 nitrogen and oxygen atoms in total. The molecule has 2 aromatic carbocycles. The van der Waals surface area contributed by atoms with E-state index >= 15 is 0 Å². The zero-order valence-corrected chi connectivity index (χ0v) is 19.0. The summed E-state index contributed by atoms with van der Waals surface area (Å²) in [5.41, 5.74) is -3.10. The van der Waals surface area contributed by atoms with Gasteiger partial charge in [-0.25, -0.2) is 9.07 Å². The Morgan fingerprint density at radius 2 is 1.68 bits per heavy atom. The summed E-state index contributed by atoms with van der Waals surface area (Å²) in [7, 11) is 0. The predicted octanol–water partition coefficient (Wildman–Crippen LogP) is 4.56. The van der Waals surface area contributed by atoms with Gasteiger partial charge in [-0.15, -0.1) is 5.10 Å². The van der Waals surface area contributed by atoms with Crippen LogP contribution < -0.4 is 0 Å². The maximum atomic E-state index is 13.6. The molecule has 1 aromatic heterocycles. The maximum Gasteiger partial charge on any atom is 0.416 e. The van der Waals surface area contributed by atoms with Crippen molar-refractivity contribution < 1.29 is 45.3 Å². The van der Waals surface area contributed by atoms with Crippen LogP contribution in [0.15, 0.2) is 54.9 Å². The summed E-state index contributed by atoms with van der Waals surface area (Å²) in [5, 5.41) is 17.6. The van der Waals surface area contributed by atoms with Gasteiger partial charge in [0.25, 0.3) is 0 Å². The topological polar surface area (TPSA) is 72.6 Å². The Hall–Kier alpha value is -3.07. The van der Waals surface area contributed by atoms with Crippen molar-refractivity contribution in [2.24, 2.45) is 0 Å². The van der Waals surface area contributed by atoms with E-state index in [1.807, 2.05) is 4.90 Å².